The van der Waals surface area contributed by atoms with Gasteiger partial charge in [0.05, 0.1) is 5.92 Å². The molecule has 0 aliphatic rings. The highest BCUT2D eigenvalue weighted by Crippen LogP contribution is 2.09. The zero-order valence-electron chi connectivity index (χ0n) is 17.7. The Kier molecular flexibility index (Phi) is 11.6. The molecule has 1 aromatic heterocycles. The van der Waals surface area contributed by atoms with Crippen molar-refractivity contribution in [3.05, 3.63) is 39.8 Å². The Hall–Kier alpha value is -3.23. The zero-order valence-corrected chi connectivity index (χ0v) is 17.7. The molecule has 1 aromatic rings. The van der Waals surface area contributed by atoms with Crippen molar-refractivity contribution in [2.75, 3.05) is 0 Å². The maximum Gasteiger partial charge on any atom is 0.306 e. The first-order chi connectivity index (χ1) is 14.7. The number of carboxylic acids is 2. The van der Waals surface area contributed by atoms with Crippen molar-refractivity contribution < 1.29 is 29.4 Å². The predicted octanol–water partition coefficient (Wildman–Crippen LogP) is 2.96. The van der Waals surface area contributed by atoms with E-state index < -0.39 is 35.1 Å². The number of aliphatic carboxylic acids is 2. The molecule has 0 bridgehead atoms. The number of carbonyl (C=O) groups excluding carboxylic acids is 2. The standard InChI is InChI=1S/C22H30N2O7/c1-15(22(30)31)12-19(26)24-21(29)17-14-23-16(13-18(17)25)10-8-6-4-2-3-5-7-9-11-20(27)28/h8,10,13-15H,2-7,9,11-12H2,1H3,(H,23,25)(H,27,28)(H,30,31)(H,24,26,29). The number of hydrogen-bond donors (Lipinski definition) is 4. The molecule has 170 valence electrons. The third-order valence-corrected chi connectivity index (χ3v) is 4.65. The van der Waals surface area contributed by atoms with Crippen LogP contribution in [0.5, 0.6) is 0 Å². The number of aromatic amines is 1. The van der Waals surface area contributed by atoms with Crippen LogP contribution in [0.15, 0.2) is 23.1 Å². The first kappa shape index (κ1) is 25.8. The molecule has 0 aromatic carbocycles. The molecule has 1 atom stereocenters. The molecular weight excluding hydrogens is 404 g/mol. The number of H-pyrrole nitrogens is 1. The lowest BCUT2D eigenvalue weighted by molar-refractivity contribution is -0.143. The lowest BCUT2D eigenvalue weighted by Gasteiger charge is -2.06. The smallest absolute Gasteiger partial charge is 0.306 e. The Bertz CT molecular complexity index is 858. The number of unbranched alkanes of at least 4 members (excludes halogenated alkanes) is 6. The van der Waals surface area contributed by atoms with E-state index >= 15 is 0 Å². The lowest BCUT2D eigenvalue weighted by Crippen LogP contribution is -2.35. The fourth-order valence-electron chi connectivity index (χ4n) is 2.83. The quantitative estimate of drug-likeness (QED) is 0.328. The fourth-order valence-corrected chi connectivity index (χ4v) is 2.83. The van der Waals surface area contributed by atoms with E-state index in [0.717, 1.165) is 38.5 Å². The van der Waals surface area contributed by atoms with Crippen molar-refractivity contribution in [2.45, 2.75) is 64.7 Å². The van der Waals surface area contributed by atoms with Crippen LogP contribution in [-0.4, -0.2) is 39.0 Å². The van der Waals surface area contributed by atoms with Crippen LogP contribution in [0, 0.1) is 5.92 Å². The van der Waals surface area contributed by atoms with E-state index in [1.807, 2.05) is 11.4 Å². The van der Waals surface area contributed by atoms with E-state index in [0.29, 0.717) is 12.1 Å². The normalized spacial score (nSPS) is 11.9. The van der Waals surface area contributed by atoms with Crippen LogP contribution >= 0.6 is 0 Å². The molecule has 0 saturated carbocycles. The van der Waals surface area contributed by atoms with Crippen molar-refractivity contribution in [2.24, 2.45) is 5.92 Å². The van der Waals surface area contributed by atoms with E-state index in [1.165, 1.54) is 19.2 Å². The van der Waals surface area contributed by atoms with E-state index in [9.17, 15) is 24.0 Å². The maximum atomic E-state index is 12.1. The van der Waals surface area contributed by atoms with Gasteiger partial charge in [-0.2, -0.15) is 0 Å². The number of amides is 2. The van der Waals surface area contributed by atoms with Crippen LogP contribution in [-0.2, 0) is 14.4 Å². The Morgan fingerprint density at radius 1 is 1.06 bits per heavy atom. The summed E-state index contributed by atoms with van der Waals surface area (Å²) in [5.74, 6) is -4.47. The van der Waals surface area contributed by atoms with Gasteiger partial charge in [-0.15, -0.1) is 0 Å². The van der Waals surface area contributed by atoms with Crippen LogP contribution < -0.4 is 10.7 Å². The Labute approximate surface area is 180 Å². The molecule has 0 aliphatic heterocycles. The highest BCUT2D eigenvalue weighted by atomic mass is 16.4. The monoisotopic (exact) mass is 434 g/mol. The average Bonchev–Trinajstić information content (AvgIpc) is 2.68. The summed E-state index contributed by atoms with van der Waals surface area (Å²) in [4.78, 5) is 59.9. The van der Waals surface area contributed by atoms with Crippen LogP contribution in [0.3, 0.4) is 0 Å². The third-order valence-electron chi connectivity index (χ3n) is 4.65. The van der Waals surface area contributed by atoms with Crippen LogP contribution in [0.25, 0.3) is 6.08 Å². The first-order valence-electron chi connectivity index (χ1n) is 10.4. The third kappa shape index (κ3) is 10.9. The molecule has 1 heterocycles. The summed E-state index contributed by atoms with van der Waals surface area (Å²) >= 11 is 0. The largest absolute Gasteiger partial charge is 0.481 e. The maximum absolute atomic E-state index is 12.1. The number of aromatic nitrogens is 1. The number of allylic oxidation sites excluding steroid dienone is 1. The van der Waals surface area contributed by atoms with E-state index in [1.54, 1.807) is 6.08 Å². The van der Waals surface area contributed by atoms with Gasteiger partial charge in [0.2, 0.25) is 5.91 Å². The van der Waals surface area contributed by atoms with Gasteiger partial charge in [0.1, 0.15) is 5.56 Å². The number of rotatable bonds is 14. The molecule has 9 heteroatoms. The van der Waals surface area contributed by atoms with Crippen LogP contribution in [0.2, 0.25) is 0 Å². The highest BCUT2D eigenvalue weighted by Gasteiger charge is 2.19. The number of carbonyl (C=O) groups is 4. The molecule has 2 amide bonds. The number of hydrogen-bond acceptors (Lipinski definition) is 5. The zero-order chi connectivity index (χ0) is 23.2. The number of carboxylic acid groups (broad SMARTS) is 2. The molecule has 1 rings (SSSR count). The second-order valence-electron chi connectivity index (χ2n) is 7.44. The van der Waals surface area contributed by atoms with Gasteiger partial charge in [0, 0.05) is 30.8 Å². The van der Waals surface area contributed by atoms with E-state index in [2.05, 4.69) is 4.98 Å². The summed E-state index contributed by atoms with van der Waals surface area (Å²) in [6.45, 7) is 1.35. The van der Waals surface area contributed by atoms with Gasteiger partial charge >= 0.3 is 11.9 Å². The summed E-state index contributed by atoms with van der Waals surface area (Å²) < 4.78 is 0. The van der Waals surface area contributed by atoms with Crippen molar-refractivity contribution in [1.29, 1.82) is 0 Å². The van der Waals surface area contributed by atoms with Gasteiger partial charge in [-0.25, -0.2) is 0 Å². The Morgan fingerprint density at radius 3 is 2.32 bits per heavy atom. The summed E-state index contributed by atoms with van der Waals surface area (Å²) in [6.07, 6.45) is 11.3. The minimum absolute atomic E-state index is 0.224. The van der Waals surface area contributed by atoms with Crippen LogP contribution in [0.1, 0.15) is 80.8 Å². The summed E-state index contributed by atoms with van der Waals surface area (Å²) in [5, 5.41) is 19.4. The minimum atomic E-state index is -1.15. The number of pyridine rings is 1. The second kappa shape index (κ2) is 13.9. The molecule has 1 unspecified atom stereocenters. The van der Waals surface area contributed by atoms with Gasteiger partial charge in [-0.05, 0) is 25.3 Å². The molecule has 4 N–H and O–H groups in total. The molecule has 0 saturated heterocycles. The van der Waals surface area contributed by atoms with Crippen molar-refractivity contribution in [3.63, 3.8) is 0 Å². The molecule has 9 nitrogen and oxygen atoms in total. The Balaban J connectivity index is 2.38. The van der Waals surface area contributed by atoms with Gasteiger partial charge in [-0.3, -0.25) is 29.3 Å². The number of nitrogens with one attached hydrogen (secondary N) is 2. The van der Waals surface area contributed by atoms with E-state index in [-0.39, 0.29) is 18.4 Å². The Morgan fingerprint density at radius 2 is 1.71 bits per heavy atom. The highest BCUT2D eigenvalue weighted by molar-refractivity contribution is 6.05. The van der Waals surface area contributed by atoms with Crippen LogP contribution in [0.4, 0.5) is 0 Å². The molecule has 31 heavy (non-hydrogen) atoms. The number of imide groups is 1. The second-order valence-corrected chi connectivity index (χ2v) is 7.44. The van der Waals surface area contributed by atoms with Gasteiger partial charge < -0.3 is 15.2 Å². The molecule has 0 spiro atoms. The fraction of sp³-hybridized carbons (Fsp3) is 0.500. The first-order valence-corrected chi connectivity index (χ1v) is 10.4. The van der Waals surface area contributed by atoms with Gasteiger partial charge in [-0.1, -0.05) is 38.7 Å². The van der Waals surface area contributed by atoms with Gasteiger partial charge in [0.25, 0.3) is 5.91 Å². The molecule has 0 aliphatic carbocycles. The minimum Gasteiger partial charge on any atom is -0.481 e. The van der Waals surface area contributed by atoms with E-state index in [4.69, 9.17) is 10.2 Å². The van der Waals surface area contributed by atoms with Crippen molar-refractivity contribution in [1.82, 2.24) is 10.3 Å². The molecule has 0 fully saturated rings. The summed E-state index contributed by atoms with van der Waals surface area (Å²) in [7, 11) is 0. The summed E-state index contributed by atoms with van der Waals surface area (Å²) in [5.41, 5.74) is -0.242. The summed E-state index contributed by atoms with van der Waals surface area (Å²) in [6, 6.07) is 1.26. The molecular formula is C22H30N2O7. The lowest BCUT2D eigenvalue weighted by atomic mass is 10.1. The SMILES string of the molecule is CC(CC(=O)NC(=O)c1c[nH]c(C=CCCCCCCCCC(=O)O)cc1=O)C(=O)O. The predicted molar refractivity (Wildman–Crippen MR) is 115 cm³/mol. The average molecular weight is 434 g/mol. The molecule has 0 radical (unpaired) electrons. The van der Waals surface area contributed by atoms with Gasteiger partial charge in [0.15, 0.2) is 5.43 Å². The van der Waals surface area contributed by atoms with Crippen molar-refractivity contribution >= 4 is 29.8 Å². The van der Waals surface area contributed by atoms with Crippen molar-refractivity contribution in [3.8, 4) is 0 Å². The topological polar surface area (TPSA) is 154 Å².